The highest BCUT2D eigenvalue weighted by Gasteiger charge is 2.29. The number of carboxylic acid groups (broad SMARTS) is 1. The molecule has 4 nitrogen and oxygen atoms in total. The molecule has 180 valence electrons. The molecule has 5 heteroatoms. The number of benzene rings is 4. The molecule has 2 N–H and O–H groups in total. The first-order chi connectivity index (χ1) is 16.7. The fourth-order valence-electron chi connectivity index (χ4n) is 5.00. The zero-order valence-electron chi connectivity index (χ0n) is 19.5. The zero-order chi connectivity index (χ0) is 23.3. The molecule has 35 heavy (non-hydrogen) atoms. The summed E-state index contributed by atoms with van der Waals surface area (Å²) in [5, 5.41) is 15.6. The van der Waals surface area contributed by atoms with Crippen LogP contribution >= 0.6 is 12.4 Å². The molecule has 5 rings (SSSR count). The molecule has 2 atom stereocenters. The molecule has 0 radical (unpaired) electrons. The molecule has 2 unspecified atom stereocenters. The number of carboxylic acids is 1. The number of ether oxygens (including phenoxy) is 1. The Morgan fingerprint density at radius 1 is 0.914 bits per heavy atom. The minimum Gasteiger partial charge on any atom is -0.490 e. The van der Waals surface area contributed by atoms with E-state index in [0.29, 0.717) is 5.56 Å². The highest BCUT2D eigenvalue weighted by Crippen LogP contribution is 2.41. The lowest BCUT2D eigenvalue weighted by Gasteiger charge is -2.33. The maximum Gasteiger partial charge on any atom is 0.335 e. The van der Waals surface area contributed by atoms with Crippen molar-refractivity contribution in [2.75, 3.05) is 13.1 Å². The molecule has 4 aromatic carbocycles. The van der Waals surface area contributed by atoms with Crippen LogP contribution in [-0.2, 0) is 6.42 Å². The average Bonchev–Trinajstić information content (AvgIpc) is 2.88. The van der Waals surface area contributed by atoms with Crippen molar-refractivity contribution in [2.45, 2.75) is 31.3 Å². The predicted octanol–water partition coefficient (Wildman–Crippen LogP) is 6.47. The monoisotopic (exact) mass is 487 g/mol. The van der Waals surface area contributed by atoms with Crippen LogP contribution in [0, 0.1) is 0 Å². The normalized spacial score (nSPS) is 16.7. The van der Waals surface area contributed by atoms with Crippen molar-refractivity contribution >= 4 is 29.1 Å². The fourth-order valence-corrected chi connectivity index (χ4v) is 5.00. The van der Waals surface area contributed by atoms with E-state index in [1.807, 2.05) is 30.3 Å². The second kappa shape index (κ2) is 11.4. The van der Waals surface area contributed by atoms with Gasteiger partial charge in [-0.2, -0.15) is 0 Å². The molecule has 0 bridgehead atoms. The van der Waals surface area contributed by atoms with Crippen molar-refractivity contribution < 1.29 is 14.6 Å². The van der Waals surface area contributed by atoms with Gasteiger partial charge in [-0.05, 0) is 72.5 Å². The van der Waals surface area contributed by atoms with Crippen LogP contribution in [-0.4, -0.2) is 30.3 Å². The molecular weight excluding hydrogens is 458 g/mol. The predicted molar refractivity (Wildman–Crippen MR) is 143 cm³/mol. The molecule has 0 saturated carbocycles. The summed E-state index contributed by atoms with van der Waals surface area (Å²) in [5.74, 6) is 0.138. The van der Waals surface area contributed by atoms with Crippen LogP contribution < -0.4 is 10.1 Å². The van der Waals surface area contributed by atoms with Gasteiger partial charge in [0, 0.05) is 11.5 Å². The lowest BCUT2D eigenvalue weighted by Crippen LogP contribution is -2.30. The summed E-state index contributed by atoms with van der Waals surface area (Å²) in [7, 11) is 0. The van der Waals surface area contributed by atoms with Crippen LogP contribution in [0.2, 0.25) is 0 Å². The summed E-state index contributed by atoms with van der Waals surface area (Å²) in [4.78, 5) is 11.5. The minimum absolute atomic E-state index is 0. The van der Waals surface area contributed by atoms with Crippen LogP contribution in [0.4, 0.5) is 0 Å². The van der Waals surface area contributed by atoms with E-state index < -0.39 is 5.97 Å². The quantitative estimate of drug-likeness (QED) is 0.280. The molecule has 4 aromatic rings. The molecule has 0 saturated heterocycles. The average molecular weight is 488 g/mol. The van der Waals surface area contributed by atoms with Gasteiger partial charge in [-0.3, -0.25) is 0 Å². The summed E-state index contributed by atoms with van der Waals surface area (Å²) < 4.78 is 6.33. The Kier molecular flexibility index (Phi) is 8.06. The molecule has 0 spiro atoms. The number of nitrogens with one attached hydrogen (secondary N) is 1. The van der Waals surface area contributed by atoms with Gasteiger partial charge in [0.25, 0.3) is 0 Å². The van der Waals surface area contributed by atoms with Gasteiger partial charge < -0.3 is 15.2 Å². The number of halogens is 1. The van der Waals surface area contributed by atoms with Crippen molar-refractivity contribution in [3.63, 3.8) is 0 Å². The van der Waals surface area contributed by atoms with E-state index in [1.54, 1.807) is 12.1 Å². The number of fused-ring (bicyclic) bond motifs is 2. The van der Waals surface area contributed by atoms with Gasteiger partial charge >= 0.3 is 5.97 Å². The molecule has 1 aliphatic heterocycles. The first-order valence-corrected chi connectivity index (χ1v) is 12.0. The summed E-state index contributed by atoms with van der Waals surface area (Å²) in [6.45, 7) is 1.79. The molecule has 0 fully saturated rings. The smallest absolute Gasteiger partial charge is 0.335 e. The topological polar surface area (TPSA) is 58.6 Å². The lowest BCUT2D eigenvalue weighted by molar-refractivity contribution is 0.0696. The highest BCUT2D eigenvalue weighted by molar-refractivity contribution is 5.88. The molecule has 0 amide bonds. The first-order valence-electron chi connectivity index (χ1n) is 12.0. The molecule has 1 heterocycles. The number of hydrogen-bond donors (Lipinski definition) is 2. The third kappa shape index (κ3) is 5.67. The van der Waals surface area contributed by atoms with Gasteiger partial charge in [0.05, 0.1) is 5.56 Å². The Morgan fingerprint density at radius 3 is 2.57 bits per heavy atom. The van der Waals surface area contributed by atoms with E-state index >= 15 is 0 Å². The Hall–Kier alpha value is -3.34. The van der Waals surface area contributed by atoms with Gasteiger partial charge in [-0.1, -0.05) is 72.8 Å². The third-order valence-electron chi connectivity index (χ3n) is 6.72. The SMILES string of the molecule is Cl.O=C(O)c1cccc(C2CC(CCNCCc3cccc4ccccc34)Oc3ccccc32)c1. The van der Waals surface area contributed by atoms with E-state index in [1.165, 1.54) is 16.3 Å². The van der Waals surface area contributed by atoms with E-state index in [2.05, 4.69) is 53.8 Å². The summed E-state index contributed by atoms with van der Waals surface area (Å²) >= 11 is 0. The van der Waals surface area contributed by atoms with Crippen LogP contribution in [0.5, 0.6) is 5.75 Å². The number of carbonyl (C=O) groups is 1. The van der Waals surface area contributed by atoms with Crippen molar-refractivity contribution in [1.29, 1.82) is 0 Å². The van der Waals surface area contributed by atoms with Crippen molar-refractivity contribution in [1.82, 2.24) is 5.32 Å². The number of aromatic carboxylic acids is 1. The third-order valence-corrected chi connectivity index (χ3v) is 6.72. The van der Waals surface area contributed by atoms with Crippen LogP contribution in [0.3, 0.4) is 0 Å². The van der Waals surface area contributed by atoms with Crippen LogP contribution in [0.25, 0.3) is 10.8 Å². The largest absolute Gasteiger partial charge is 0.490 e. The van der Waals surface area contributed by atoms with Crippen LogP contribution in [0.1, 0.15) is 45.8 Å². The van der Waals surface area contributed by atoms with E-state index in [9.17, 15) is 9.90 Å². The molecule has 0 aliphatic carbocycles. The second-order valence-corrected chi connectivity index (χ2v) is 8.92. The Labute approximate surface area is 212 Å². The highest BCUT2D eigenvalue weighted by atomic mass is 35.5. The first kappa shape index (κ1) is 24.8. The molecular formula is C30H30ClNO3. The van der Waals surface area contributed by atoms with Gasteiger partial charge in [-0.15, -0.1) is 12.4 Å². The van der Waals surface area contributed by atoms with E-state index in [4.69, 9.17) is 4.74 Å². The van der Waals surface area contributed by atoms with Crippen molar-refractivity contribution in [3.05, 3.63) is 113 Å². The maximum atomic E-state index is 11.5. The Morgan fingerprint density at radius 2 is 1.69 bits per heavy atom. The second-order valence-electron chi connectivity index (χ2n) is 8.92. The van der Waals surface area contributed by atoms with E-state index in [-0.39, 0.29) is 24.4 Å². The van der Waals surface area contributed by atoms with Gasteiger partial charge in [0.2, 0.25) is 0 Å². The molecule has 0 aromatic heterocycles. The fraction of sp³-hybridized carbons (Fsp3) is 0.233. The van der Waals surface area contributed by atoms with E-state index in [0.717, 1.165) is 49.2 Å². The number of hydrogen-bond acceptors (Lipinski definition) is 3. The summed E-state index contributed by atoms with van der Waals surface area (Å²) in [6.07, 6.45) is 2.81. The Balaban J connectivity index is 0.00000289. The zero-order valence-corrected chi connectivity index (χ0v) is 20.3. The standard InChI is InChI=1S/C30H29NO3.ClH/c32-30(33)24-11-6-10-23(19-24)28-20-25(34-29-14-4-3-13-27(28)29)16-18-31-17-15-22-9-5-8-21-7-1-2-12-26(21)22;/h1-14,19,25,28,31H,15-18,20H2,(H,32,33);1H. The molecule has 1 aliphatic rings. The summed E-state index contributed by atoms with van der Waals surface area (Å²) in [6, 6.07) is 30.5. The van der Waals surface area contributed by atoms with Crippen molar-refractivity contribution in [2.24, 2.45) is 0 Å². The minimum atomic E-state index is -0.894. The van der Waals surface area contributed by atoms with Gasteiger partial charge in [0.1, 0.15) is 11.9 Å². The number of para-hydroxylation sites is 1. The maximum absolute atomic E-state index is 11.5. The van der Waals surface area contributed by atoms with Gasteiger partial charge in [0.15, 0.2) is 0 Å². The van der Waals surface area contributed by atoms with Crippen LogP contribution in [0.15, 0.2) is 91.0 Å². The summed E-state index contributed by atoms with van der Waals surface area (Å²) in [5.41, 5.74) is 3.86. The van der Waals surface area contributed by atoms with Crippen molar-refractivity contribution in [3.8, 4) is 5.75 Å². The van der Waals surface area contributed by atoms with Gasteiger partial charge in [-0.25, -0.2) is 4.79 Å². The lowest BCUT2D eigenvalue weighted by atomic mass is 9.83. The Bertz CT molecular complexity index is 1300. The number of rotatable bonds is 8.